The molecule has 1 fully saturated rings. The maximum atomic E-state index is 12.3. The largest absolute Gasteiger partial charge is 0.478 e. The minimum Gasteiger partial charge on any atom is -0.478 e. The van der Waals surface area contributed by atoms with Gasteiger partial charge in [-0.2, -0.15) is 4.37 Å². The van der Waals surface area contributed by atoms with Crippen LogP contribution in [0, 0.1) is 6.92 Å². The molecule has 4 rings (SSSR count). The molecule has 5 N–H and O–H groups in total. The molecule has 1 aliphatic heterocycles. The highest BCUT2D eigenvalue weighted by Gasteiger charge is 2.23. The van der Waals surface area contributed by atoms with Gasteiger partial charge in [-0.15, -0.1) is 0 Å². The third-order valence-electron chi connectivity index (χ3n) is 5.89. The minimum absolute atomic E-state index is 0.0112. The van der Waals surface area contributed by atoms with Crippen LogP contribution in [0.1, 0.15) is 22.3 Å². The molecule has 11 nitrogen and oxygen atoms in total. The predicted molar refractivity (Wildman–Crippen MR) is 147 cm³/mol. The number of nitrogens with one attached hydrogen (secondary N) is 4. The SMILES string of the molecule is Cc1ccc(NC(=O)Nc2ccc(-c3snc(NC(=O)NCCCN4CCOCC4)c3C(=O)O)cc2)cc1. The molecule has 1 aromatic heterocycles. The monoisotopic (exact) mass is 538 g/mol. The summed E-state index contributed by atoms with van der Waals surface area (Å²) in [5, 5.41) is 20.6. The molecule has 2 aromatic carbocycles. The number of carbonyl (C=O) groups excluding carboxylic acids is 2. The van der Waals surface area contributed by atoms with E-state index in [0.717, 1.165) is 56.4 Å². The zero-order valence-corrected chi connectivity index (χ0v) is 21.8. The molecular weight excluding hydrogens is 508 g/mol. The molecule has 0 bridgehead atoms. The van der Waals surface area contributed by atoms with E-state index in [9.17, 15) is 19.5 Å². The summed E-state index contributed by atoms with van der Waals surface area (Å²) < 4.78 is 9.49. The fourth-order valence-electron chi connectivity index (χ4n) is 3.89. The number of amides is 4. The molecule has 0 unspecified atom stereocenters. The molecule has 0 spiro atoms. The Kier molecular flexibility index (Phi) is 9.25. The van der Waals surface area contributed by atoms with Crippen molar-refractivity contribution in [3.05, 3.63) is 59.7 Å². The van der Waals surface area contributed by atoms with Gasteiger partial charge in [-0.3, -0.25) is 10.2 Å². The molecule has 0 saturated carbocycles. The number of hydrogen-bond acceptors (Lipinski definition) is 7. The van der Waals surface area contributed by atoms with E-state index in [4.69, 9.17) is 4.74 Å². The van der Waals surface area contributed by atoms with Crippen molar-refractivity contribution in [2.75, 3.05) is 55.3 Å². The van der Waals surface area contributed by atoms with Crippen LogP contribution in [0.2, 0.25) is 0 Å². The average molecular weight is 539 g/mol. The van der Waals surface area contributed by atoms with Gasteiger partial charge in [0.25, 0.3) is 0 Å². The van der Waals surface area contributed by atoms with Crippen molar-refractivity contribution in [2.45, 2.75) is 13.3 Å². The molecule has 12 heteroatoms. The summed E-state index contributed by atoms with van der Waals surface area (Å²) in [4.78, 5) is 39.3. The Labute approximate surface area is 224 Å². The summed E-state index contributed by atoms with van der Waals surface area (Å²) in [6.07, 6.45) is 0.769. The van der Waals surface area contributed by atoms with Crippen molar-refractivity contribution >= 4 is 46.8 Å². The molecule has 38 heavy (non-hydrogen) atoms. The Balaban J connectivity index is 1.32. The third-order valence-corrected chi connectivity index (χ3v) is 6.79. The lowest BCUT2D eigenvalue weighted by Crippen LogP contribution is -2.38. The lowest BCUT2D eigenvalue weighted by molar-refractivity contribution is 0.0375. The lowest BCUT2D eigenvalue weighted by atomic mass is 10.1. The number of carboxylic acid groups (broad SMARTS) is 1. The first-order chi connectivity index (χ1) is 18.4. The second-order valence-electron chi connectivity index (χ2n) is 8.75. The molecule has 3 aromatic rings. The number of aromatic carboxylic acids is 1. The van der Waals surface area contributed by atoms with E-state index >= 15 is 0 Å². The van der Waals surface area contributed by atoms with Gasteiger partial charge in [0.1, 0.15) is 5.56 Å². The maximum absolute atomic E-state index is 12.3. The molecule has 0 radical (unpaired) electrons. The molecular formula is C26H30N6O5S. The first-order valence-corrected chi connectivity index (χ1v) is 13.0. The van der Waals surface area contributed by atoms with Crippen molar-refractivity contribution < 1.29 is 24.2 Å². The van der Waals surface area contributed by atoms with E-state index in [0.29, 0.717) is 28.4 Å². The standard InChI is InChI=1S/C26H30N6O5S/c1-17-3-7-19(8-4-17)28-26(36)29-20-9-5-18(6-10-20)22-21(24(33)34)23(31-38-22)30-25(35)27-11-2-12-32-13-15-37-16-14-32/h3-10H,2,11-16H2,1H3,(H,33,34)(H2,28,29,36)(H2,27,30,31,35). The smallest absolute Gasteiger partial charge is 0.341 e. The van der Waals surface area contributed by atoms with Gasteiger partial charge in [0.15, 0.2) is 5.82 Å². The molecule has 0 atom stereocenters. The number of aromatic nitrogens is 1. The molecule has 1 saturated heterocycles. The number of anilines is 3. The average Bonchev–Trinajstić information content (AvgIpc) is 3.32. The Morgan fingerprint density at radius 2 is 1.58 bits per heavy atom. The molecule has 200 valence electrons. The number of aryl methyl sites for hydroxylation is 1. The number of ether oxygens (including phenoxy) is 1. The van der Waals surface area contributed by atoms with Gasteiger partial charge in [0.05, 0.1) is 18.1 Å². The van der Waals surface area contributed by atoms with Crippen molar-refractivity contribution in [1.82, 2.24) is 14.6 Å². The predicted octanol–water partition coefficient (Wildman–Crippen LogP) is 4.30. The normalized spacial score (nSPS) is 13.5. The van der Waals surface area contributed by atoms with Gasteiger partial charge < -0.3 is 25.8 Å². The zero-order chi connectivity index (χ0) is 26.9. The number of hydrogen-bond donors (Lipinski definition) is 5. The summed E-state index contributed by atoms with van der Waals surface area (Å²) >= 11 is 0.978. The van der Waals surface area contributed by atoms with Gasteiger partial charge >= 0.3 is 18.0 Å². The Morgan fingerprint density at radius 1 is 0.947 bits per heavy atom. The highest BCUT2D eigenvalue weighted by Crippen LogP contribution is 2.34. The minimum atomic E-state index is -1.20. The van der Waals surface area contributed by atoms with E-state index in [1.54, 1.807) is 24.3 Å². The molecule has 4 amide bonds. The van der Waals surface area contributed by atoms with Crippen LogP contribution >= 0.6 is 11.5 Å². The van der Waals surface area contributed by atoms with Crippen molar-refractivity contribution in [3.8, 4) is 10.4 Å². The van der Waals surface area contributed by atoms with Crippen LogP contribution in [0.5, 0.6) is 0 Å². The van der Waals surface area contributed by atoms with E-state index in [2.05, 4.69) is 30.5 Å². The molecule has 1 aliphatic rings. The quantitative estimate of drug-likeness (QED) is 0.255. The number of nitrogens with zero attached hydrogens (tertiary/aromatic N) is 2. The fourth-order valence-corrected chi connectivity index (χ4v) is 4.72. The summed E-state index contributed by atoms with van der Waals surface area (Å²) in [6, 6.07) is 13.2. The number of rotatable bonds is 9. The van der Waals surface area contributed by atoms with Crippen LogP contribution in [0.15, 0.2) is 48.5 Å². The number of carboxylic acids is 1. The van der Waals surface area contributed by atoms with Gasteiger partial charge in [-0.1, -0.05) is 29.8 Å². The number of urea groups is 2. The summed E-state index contributed by atoms with van der Waals surface area (Å²) in [7, 11) is 0. The summed E-state index contributed by atoms with van der Waals surface area (Å²) in [5.74, 6) is -1.21. The molecule has 0 aliphatic carbocycles. The van der Waals surface area contributed by atoms with Crippen LogP contribution in [0.4, 0.5) is 26.8 Å². The molecule has 2 heterocycles. The Bertz CT molecular complexity index is 1260. The highest BCUT2D eigenvalue weighted by molar-refractivity contribution is 7.10. The summed E-state index contributed by atoms with van der Waals surface area (Å²) in [5.41, 5.74) is 2.81. The highest BCUT2D eigenvalue weighted by atomic mass is 32.1. The Hall–Kier alpha value is -4.00. The van der Waals surface area contributed by atoms with Crippen molar-refractivity contribution in [1.29, 1.82) is 0 Å². The first kappa shape index (κ1) is 27.0. The topological polar surface area (TPSA) is 145 Å². The van der Waals surface area contributed by atoms with Crippen LogP contribution in [0.25, 0.3) is 10.4 Å². The van der Waals surface area contributed by atoms with Crippen LogP contribution in [-0.2, 0) is 4.74 Å². The van der Waals surface area contributed by atoms with Gasteiger partial charge in [0, 0.05) is 31.0 Å². The first-order valence-electron chi connectivity index (χ1n) is 12.2. The second-order valence-corrected chi connectivity index (χ2v) is 9.52. The number of morpholine rings is 1. The third kappa shape index (κ3) is 7.51. The van der Waals surface area contributed by atoms with Crippen molar-refractivity contribution in [2.24, 2.45) is 0 Å². The van der Waals surface area contributed by atoms with E-state index in [1.807, 2.05) is 31.2 Å². The zero-order valence-electron chi connectivity index (χ0n) is 21.0. The number of carbonyl (C=O) groups is 3. The van der Waals surface area contributed by atoms with Crippen molar-refractivity contribution in [3.63, 3.8) is 0 Å². The van der Waals surface area contributed by atoms with E-state index in [1.165, 1.54) is 0 Å². The summed E-state index contributed by atoms with van der Waals surface area (Å²) in [6.45, 7) is 6.48. The van der Waals surface area contributed by atoms with Gasteiger partial charge in [-0.05, 0) is 61.3 Å². The number of benzene rings is 2. The fraction of sp³-hybridized carbons (Fsp3) is 0.308. The van der Waals surface area contributed by atoms with Gasteiger partial charge in [-0.25, -0.2) is 14.4 Å². The van der Waals surface area contributed by atoms with Crippen LogP contribution in [0.3, 0.4) is 0 Å². The Morgan fingerprint density at radius 3 is 2.21 bits per heavy atom. The van der Waals surface area contributed by atoms with Crippen LogP contribution in [-0.4, -0.2) is 71.8 Å². The van der Waals surface area contributed by atoms with Gasteiger partial charge in [0.2, 0.25) is 0 Å². The second kappa shape index (κ2) is 13.0. The van der Waals surface area contributed by atoms with E-state index in [-0.39, 0.29) is 11.4 Å². The lowest BCUT2D eigenvalue weighted by Gasteiger charge is -2.26. The van der Waals surface area contributed by atoms with E-state index < -0.39 is 18.0 Å². The maximum Gasteiger partial charge on any atom is 0.341 e. The van der Waals surface area contributed by atoms with Crippen LogP contribution < -0.4 is 21.3 Å².